The van der Waals surface area contributed by atoms with Crippen LogP contribution in [0.5, 0.6) is 0 Å². The van der Waals surface area contributed by atoms with Crippen LogP contribution >= 0.6 is 34.5 Å². The van der Waals surface area contributed by atoms with E-state index in [0.717, 1.165) is 10.4 Å². The molecule has 116 valence electrons. The SMILES string of the molecule is CCOC(=O)c1c(NC(=O)C2(C)CC2(Cl)Cl)sc(C)c1C. The maximum atomic E-state index is 12.3. The van der Waals surface area contributed by atoms with Gasteiger partial charge >= 0.3 is 5.97 Å². The molecule has 1 aromatic heterocycles. The first-order valence-corrected chi connectivity index (χ1v) is 8.17. The molecule has 0 saturated heterocycles. The van der Waals surface area contributed by atoms with E-state index in [1.54, 1.807) is 13.8 Å². The number of carbonyl (C=O) groups is 2. The van der Waals surface area contributed by atoms with Gasteiger partial charge in [0.1, 0.15) is 9.33 Å². The number of esters is 1. The number of thiophene rings is 1. The third-order valence-corrected chi connectivity index (χ3v) is 6.08. The second kappa shape index (κ2) is 5.45. The topological polar surface area (TPSA) is 55.4 Å². The van der Waals surface area contributed by atoms with Crippen molar-refractivity contribution in [2.45, 2.75) is 38.4 Å². The molecule has 1 atom stereocenters. The molecule has 1 heterocycles. The van der Waals surface area contributed by atoms with Crippen LogP contribution in [0.15, 0.2) is 0 Å². The first kappa shape index (κ1) is 16.6. The van der Waals surface area contributed by atoms with Gasteiger partial charge in [0.05, 0.1) is 17.6 Å². The largest absolute Gasteiger partial charge is 0.462 e. The molecule has 0 aliphatic heterocycles. The second-order valence-corrected chi connectivity index (χ2v) is 8.08. The highest BCUT2D eigenvalue weighted by Gasteiger charge is 2.68. The number of alkyl halides is 2. The van der Waals surface area contributed by atoms with Crippen LogP contribution in [0.4, 0.5) is 5.00 Å². The summed E-state index contributed by atoms with van der Waals surface area (Å²) in [5, 5.41) is 3.27. The van der Waals surface area contributed by atoms with Gasteiger partial charge in [0.25, 0.3) is 0 Å². The van der Waals surface area contributed by atoms with Crippen molar-refractivity contribution in [1.82, 2.24) is 0 Å². The molecule has 0 bridgehead atoms. The number of hydrogen-bond acceptors (Lipinski definition) is 4. The standard InChI is InChI=1S/C14H17Cl2NO3S/c1-5-20-11(18)9-7(2)8(3)21-10(9)17-12(19)13(4)6-14(13,15)16/h5-6H2,1-4H3,(H,17,19). The zero-order chi connectivity index (χ0) is 16.0. The molecular weight excluding hydrogens is 333 g/mol. The minimum atomic E-state index is -1.04. The molecule has 1 aromatic rings. The van der Waals surface area contributed by atoms with Gasteiger partial charge in [0, 0.05) is 4.88 Å². The molecule has 0 aromatic carbocycles. The molecular formula is C14H17Cl2NO3S. The van der Waals surface area contributed by atoms with Crippen LogP contribution in [0.25, 0.3) is 0 Å². The first-order chi connectivity index (χ1) is 9.64. The number of amides is 1. The van der Waals surface area contributed by atoms with Crippen LogP contribution < -0.4 is 5.32 Å². The lowest BCUT2D eigenvalue weighted by atomic mass is 10.1. The van der Waals surface area contributed by atoms with Crippen molar-refractivity contribution >= 4 is 51.4 Å². The van der Waals surface area contributed by atoms with E-state index in [-0.39, 0.29) is 12.5 Å². The van der Waals surface area contributed by atoms with Gasteiger partial charge < -0.3 is 10.1 Å². The number of hydrogen-bond donors (Lipinski definition) is 1. The van der Waals surface area contributed by atoms with Crippen LogP contribution in [-0.2, 0) is 9.53 Å². The molecule has 1 aliphatic carbocycles. The van der Waals surface area contributed by atoms with Crippen molar-refractivity contribution in [3.63, 3.8) is 0 Å². The Hall–Kier alpha value is -0.780. The summed E-state index contributed by atoms with van der Waals surface area (Å²) < 4.78 is 4.01. The molecule has 1 N–H and O–H groups in total. The Morgan fingerprint density at radius 1 is 1.38 bits per heavy atom. The quantitative estimate of drug-likeness (QED) is 0.658. The summed E-state index contributed by atoms with van der Waals surface area (Å²) >= 11 is 13.4. The molecule has 0 radical (unpaired) electrons. The van der Waals surface area contributed by atoms with Crippen LogP contribution in [0.1, 0.15) is 41.1 Å². The molecule has 1 amide bonds. The Balaban J connectivity index is 2.27. The van der Waals surface area contributed by atoms with Gasteiger partial charge in [-0.25, -0.2) is 4.79 Å². The van der Waals surface area contributed by atoms with Crippen molar-refractivity contribution in [3.8, 4) is 0 Å². The highest BCUT2D eigenvalue weighted by atomic mass is 35.5. The van der Waals surface area contributed by atoms with Crippen LogP contribution in [0.2, 0.25) is 0 Å². The van der Waals surface area contributed by atoms with Crippen LogP contribution in [-0.4, -0.2) is 22.8 Å². The molecule has 0 spiro atoms. The number of carbonyl (C=O) groups excluding carboxylic acids is 2. The van der Waals surface area contributed by atoms with E-state index in [1.807, 2.05) is 13.8 Å². The van der Waals surface area contributed by atoms with Crippen molar-refractivity contribution in [3.05, 3.63) is 16.0 Å². The van der Waals surface area contributed by atoms with Gasteiger partial charge in [-0.1, -0.05) is 0 Å². The van der Waals surface area contributed by atoms with Gasteiger partial charge in [-0.05, 0) is 39.7 Å². The highest BCUT2D eigenvalue weighted by Crippen LogP contribution is 2.64. The minimum Gasteiger partial charge on any atom is -0.462 e. The normalized spacial score (nSPS) is 22.8. The second-order valence-electron chi connectivity index (χ2n) is 5.38. The van der Waals surface area contributed by atoms with Crippen molar-refractivity contribution < 1.29 is 14.3 Å². The molecule has 21 heavy (non-hydrogen) atoms. The van der Waals surface area contributed by atoms with Gasteiger partial charge in [-0.15, -0.1) is 34.5 Å². The van der Waals surface area contributed by atoms with Gasteiger partial charge in [-0.3, -0.25) is 4.79 Å². The van der Waals surface area contributed by atoms with Crippen molar-refractivity contribution in [2.75, 3.05) is 11.9 Å². The Labute approximate surface area is 137 Å². The Bertz CT molecular complexity index is 612. The predicted octanol–water partition coefficient (Wildman–Crippen LogP) is 4.06. The molecule has 4 nitrogen and oxygen atoms in total. The first-order valence-electron chi connectivity index (χ1n) is 6.60. The lowest BCUT2D eigenvalue weighted by Crippen LogP contribution is -2.26. The third kappa shape index (κ3) is 2.79. The summed E-state index contributed by atoms with van der Waals surface area (Å²) in [6.45, 7) is 7.46. The zero-order valence-corrected chi connectivity index (χ0v) is 14.6. The lowest BCUT2D eigenvalue weighted by Gasteiger charge is -2.12. The van der Waals surface area contributed by atoms with Crippen molar-refractivity contribution in [2.24, 2.45) is 5.41 Å². The molecule has 1 unspecified atom stereocenters. The van der Waals surface area contributed by atoms with E-state index >= 15 is 0 Å². The van der Waals surface area contributed by atoms with Gasteiger partial charge in [0.2, 0.25) is 5.91 Å². The average molecular weight is 350 g/mol. The smallest absolute Gasteiger partial charge is 0.341 e. The van der Waals surface area contributed by atoms with Crippen LogP contribution in [0.3, 0.4) is 0 Å². The van der Waals surface area contributed by atoms with Gasteiger partial charge in [0.15, 0.2) is 0 Å². The molecule has 7 heteroatoms. The maximum absolute atomic E-state index is 12.3. The zero-order valence-electron chi connectivity index (χ0n) is 12.3. The maximum Gasteiger partial charge on any atom is 0.341 e. The number of rotatable bonds is 4. The summed E-state index contributed by atoms with van der Waals surface area (Å²) in [7, 11) is 0. The van der Waals surface area contributed by atoms with Crippen LogP contribution in [0, 0.1) is 19.3 Å². The Morgan fingerprint density at radius 3 is 2.43 bits per heavy atom. The van der Waals surface area contributed by atoms with E-state index < -0.39 is 15.7 Å². The number of aryl methyl sites for hydroxylation is 1. The summed E-state index contributed by atoms with van der Waals surface area (Å²) in [6, 6.07) is 0. The number of ether oxygens (including phenoxy) is 1. The highest BCUT2D eigenvalue weighted by molar-refractivity contribution is 7.16. The fourth-order valence-electron chi connectivity index (χ4n) is 2.05. The Kier molecular flexibility index (Phi) is 4.30. The minimum absolute atomic E-state index is 0.278. The summed E-state index contributed by atoms with van der Waals surface area (Å²) in [5.74, 6) is -0.710. The van der Waals surface area contributed by atoms with E-state index in [1.165, 1.54) is 11.3 Å². The van der Waals surface area contributed by atoms with E-state index in [2.05, 4.69) is 5.32 Å². The molecule has 1 fully saturated rings. The fraction of sp³-hybridized carbons (Fsp3) is 0.571. The fourth-order valence-corrected chi connectivity index (χ4v) is 3.80. The number of halogens is 2. The summed E-state index contributed by atoms with van der Waals surface area (Å²) in [6.07, 6.45) is 0.396. The summed E-state index contributed by atoms with van der Waals surface area (Å²) in [4.78, 5) is 25.4. The van der Waals surface area contributed by atoms with E-state index in [4.69, 9.17) is 27.9 Å². The monoisotopic (exact) mass is 349 g/mol. The van der Waals surface area contributed by atoms with Crippen molar-refractivity contribution in [1.29, 1.82) is 0 Å². The average Bonchev–Trinajstić information content (AvgIpc) is 2.76. The molecule has 1 saturated carbocycles. The Morgan fingerprint density at radius 2 is 1.95 bits per heavy atom. The molecule has 2 rings (SSSR count). The number of nitrogens with one attached hydrogen (secondary N) is 1. The number of anilines is 1. The predicted molar refractivity (Wildman–Crippen MR) is 85.5 cm³/mol. The van der Waals surface area contributed by atoms with E-state index in [0.29, 0.717) is 17.0 Å². The summed E-state index contributed by atoms with van der Waals surface area (Å²) in [5.41, 5.74) is 0.401. The third-order valence-electron chi connectivity index (χ3n) is 3.85. The van der Waals surface area contributed by atoms with E-state index in [9.17, 15) is 9.59 Å². The molecule has 1 aliphatic rings. The lowest BCUT2D eigenvalue weighted by molar-refractivity contribution is -0.120. The van der Waals surface area contributed by atoms with Gasteiger partial charge in [-0.2, -0.15) is 0 Å².